The Labute approximate surface area is 135 Å². The Morgan fingerprint density at radius 1 is 1.17 bits per heavy atom. The summed E-state index contributed by atoms with van der Waals surface area (Å²) in [5.74, 6) is 3.20. The van der Waals surface area contributed by atoms with Crippen molar-refractivity contribution in [3.63, 3.8) is 0 Å². The third kappa shape index (κ3) is 3.19. The van der Waals surface area contributed by atoms with Gasteiger partial charge in [0.05, 0.1) is 12.8 Å². The highest BCUT2D eigenvalue weighted by Gasteiger charge is 2.24. The minimum absolute atomic E-state index is 0.406. The minimum Gasteiger partial charge on any atom is -0.468 e. The molecule has 3 heterocycles. The molecule has 0 unspecified atom stereocenters. The maximum atomic E-state index is 5.46. The molecule has 1 N–H and O–H groups in total. The van der Waals surface area contributed by atoms with Crippen molar-refractivity contribution in [1.29, 1.82) is 0 Å². The SMILES string of the molecule is c1ccc(-c2n[nH]c([C@@H]3CCCN(Cc4ccco4)C3)n2)cc1. The van der Waals surface area contributed by atoms with Gasteiger partial charge in [-0.3, -0.25) is 10.00 Å². The average Bonchev–Trinajstić information content (AvgIpc) is 3.28. The second-order valence-corrected chi connectivity index (χ2v) is 6.06. The lowest BCUT2D eigenvalue weighted by molar-refractivity contribution is 0.183. The quantitative estimate of drug-likeness (QED) is 0.802. The van der Waals surface area contributed by atoms with Crippen LogP contribution in [0, 0.1) is 0 Å². The van der Waals surface area contributed by atoms with E-state index in [2.05, 4.69) is 15.1 Å². The van der Waals surface area contributed by atoms with E-state index in [4.69, 9.17) is 9.40 Å². The summed E-state index contributed by atoms with van der Waals surface area (Å²) in [6.45, 7) is 2.96. The van der Waals surface area contributed by atoms with Crippen LogP contribution in [0.25, 0.3) is 11.4 Å². The molecule has 5 nitrogen and oxygen atoms in total. The summed E-state index contributed by atoms with van der Waals surface area (Å²) < 4.78 is 5.46. The first-order valence-corrected chi connectivity index (χ1v) is 8.11. The second kappa shape index (κ2) is 6.38. The smallest absolute Gasteiger partial charge is 0.181 e. The molecule has 5 heteroatoms. The fourth-order valence-electron chi connectivity index (χ4n) is 3.22. The first-order chi connectivity index (χ1) is 11.4. The lowest BCUT2D eigenvalue weighted by Gasteiger charge is -2.30. The van der Waals surface area contributed by atoms with Crippen LogP contribution in [0.3, 0.4) is 0 Å². The Balaban J connectivity index is 1.46. The van der Waals surface area contributed by atoms with E-state index in [9.17, 15) is 0 Å². The standard InChI is InChI=1S/C18H20N4O/c1-2-6-14(7-3-1)17-19-18(21-20-17)15-8-4-10-22(12-15)13-16-9-5-11-23-16/h1-3,5-7,9,11,15H,4,8,10,12-13H2,(H,19,20,21)/t15-/m1/s1. The number of aromatic nitrogens is 3. The Morgan fingerprint density at radius 3 is 2.91 bits per heavy atom. The highest BCUT2D eigenvalue weighted by molar-refractivity contribution is 5.53. The second-order valence-electron chi connectivity index (χ2n) is 6.06. The molecule has 4 rings (SSSR count). The third-order valence-corrected chi connectivity index (χ3v) is 4.39. The molecule has 1 aromatic carbocycles. The average molecular weight is 308 g/mol. The number of rotatable bonds is 4. The molecule has 1 aliphatic rings. The lowest BCUT2D eigenvalue weighted by Crippen LogP contribution is -2.34. The van der Waals surface area contributed by atoms with Crippen LogP contribution in [0.4, 0.5) is 0 Å². The molecule has 2 aromatic heterocycles. The van der Waals surface area contributed by atoms with Crippen LogP contribution in [-0.2, 0) is 6.54 Å². The van der Waals surface area contributed by atoms with Gasteiger partial charge in [-0.2, -0.15) is 5.10 Å². The van der Waals surface area contributed by atoms with Gasteiger partial charge in [0, 0.05) is 18.0 Å². The number of nitrogens with one attached hydrogen (secondary N) is 1. The molecule has 0 saturated carbocycles. The van der Waals surface area contributed by atoms with Crippen LogP contribution in [-0.4, -0.2) is 33.2 Å². The van der Waals surface area contributed by atoms with Crippen LogP contribution >= 0.6 is 0 Å². The molecule has 23 heavy (non-hydrogen) atoms. The topological polar surface area (TPSA) is 58.0 Å². The van der Waals surface area contributed by atoms with Gasteiger partial charge in [-0.15, -0.1) is 0 Å². The molecule has 118 valence electrons. The van der Waals surface area contributed by atoms with E-state index in [1.807, 2.05) is 42.5 Å². The summed E-state index contributed by atoms with van der Waals surface area (Å²) >= 11 is 0. The van der Waals surface area contributed by atoms with Crippen molar-refractivity contribution in [3.05, 3.63) is 60.3 Å². The molecule has 1 aliphatic heterocycles. The van der Waals surface area contributed by atoms with E-state index in [0.717, 1.165) is 49.0 Å². The molecule has 1 atom stereocenters. The number of nitrogens with zero attached hydrogens (tertiary/aromatic N) is 3. The summed E-state index contributed by atoms with van der Waals surface area (Å²) in [4.78, 5) is 7.15. The van der Waals surface area contributed by atoms with Crippen molar-refractivity contribution in [3.8, 4) is 11.4 Å². The van der Waals surface area contributed by atoms with Crippen molar-refractivity contribution in [2.45, 2.75) is 25.3 Å². The van der Waals surface area contributed by atoms with Crippen molar-refractivity contribution in [2.75, 3.05) is 13.1 Å². The Bertz CT molecular complexity index is 735. The number of furan rings is 1. The Kier molecular flexibility index (Phi) is 3.94. The maximum absolute atomic E-state index is 5.46. The van der Waals surface area contributed by atoms with Crippen LogP contribution in [0.5, 0.6) is 0 Å². The number of H-pyrrole nitrogens is 1. The van der Waals surface area contributed by atoms with Gasteiger partial charge in [0.2, 0.25) is 0 Å². The Hall–Kier alpha value is -2.40. The number of hydrogen-bond acceptors (Lipinski definition) is 4. The van der Waals surface area contributed by atoms with Crippen molar-refractivity contribution < 1.29 is 4.42 Å². The maximum Gasteiger partial charge on any atom is 0.181 e. The normalized spacial score (nSPS) is 19.0. The van der Waals surface area contributed by atoms with E-state index >= 15 is 0 Å². The van der Waals surface area contributed by atoms with Gasteiger partial charge in [-0.25, -0.2) is 4.98 Å². The predicted molar refractivity (Wildman–Crippen MR) is 87.8 cm³/mol. The Morgan fingerprint density at radius 2 is 2.09 bits per heavy atom. The zero-order valence-electron chi connectivity index (χ0n) is 13.0. The number of piperidine rings is 1. The molecule has 0 aliphatic carbocycles. The van der Waals surface area contributed by atoms with Crippen molar-refractivity contribution >= 4 is 0 Å². The molecular weight excluding hydrogens is 288 g/mol. The highest BCUT2D eigenvalue weighted by atomic mass is 16.3. The minimum atomic E-state index is 0.406. The molecular formula is C18H20N4O. The number of benzene rings is 1. The highest BCUT2D eigenvalue weighted by Crippen LogP contribution is 2.27. The lowest BCUT2D eigenvalue weighted by atomic mass is 9.97. The first kappa shape index (κ1) is 14.2. The molecule has 0 radical (unpaired) electrons. The van der Waals surface area contributed by atoms with Crippen LogP contribution in [0.15, 0.2) is 53.1 Å². The van der Waals surface area contributed by atoms with Gasteiger partial charge < -0.3 is 4.42 Å². The van der Waals surface area contributed by atoms with Gasteiger partial charge in [0.25, 0.3) is 0 Å². The molecule has 0 bridgehead atoms. The molecule has 3 aromatic rings. The van der Waals surface area contributed by atoms with Gasteiger partial charge in [-0.1, -0.05) is 30.3 Å². The van der Waals surface area contributed by atoms with E-state index < -0.39 is 0 Å². The van der Waals surface area contributed by atoms with Gasteiger partial charge >= 0.3 is 0 Å². The fraction of sp³-hybridized carbons (Fsp3) is 0.333. The third-order valence-electron chi connectivity index (χ3n) is 4.39. The zero-order chi connectivity index (χ0) is 15.5. The summed E-state index contributed by atoms with van der Waals surface area (Å²) in [6, 6.07) is 14.1. The summed E-state index contributed by atoms with van der Waals surface area (Å²) in [7, 11) is 0. The monoisotopic (exact) mass is 308 g/mol. The summed E-state index contributed by atoms with van der Waals surface area (Å²) in [6.07, 6.45) is 4.06. The van der Waals surface area contributed by atoms with E-state index in [-0.39, 0.29) is 0 Å². The van der Waals surface area contributed by atoms with Gasteiger partial charge in [0.1, 0.15) is 11.6 Å². The van der Waals surface area contributed by atoms with E-state index in [1.165, 1.54) is 6.42 Å². The van der Waals surface area contributed by atoms with Gasteiger partial charge in [0.15, 0.2) is 5.82 Å². The van der Waals surface area contributed by atoms with Crippen LogP contribution < -0.4 is 0 Å². The van der Waals surface area contributed by atoms with Crippen molar-refractivity contribution in [2.24, 2.45) is 0 Å². The van der Waals surface area contributed by atoms with Gasteiger partial charge in [-0.05, 0) is 31.5 Å². The molecule has 1 saturated heterocycles. The summed E-state index contributed by atoms with van der Waals surface area (Å²) in [5.41, 5.74) is 1.05. The molecule has 1 fully saturated rings. The largest absolute Gasteiger partial charge is 0.468 e. The first-order valence-electron chi connectivity index (χ1n) is 8.11. The predicted octanol–water partition coefficient (Wildman–Crippen LogP) is 3.44. The van der Waals surface area contributed by atoms with Crippen LogP contribution in [0.2, 0.25) is 0 Å². The van der Waals surface area contributed by atoms with Crippen LogP contribution in [0.1, 0.15) is 30.3 Å². The fourth-order valence-corrected chi connectivity index (χ4v) is 3.22. The van der Waals surface area contributed by atoms with E-state index in [1.54, 1.807) is 6.26 Å². The zero-order valence-corrected chi connectivity index (χ0v) is 13.0. The summed E-state index contributed by atoms with van der Waals surface area (Å²) in [5, 5.41) is 7.53. The number of likely N-dealkylation sites (tertiary alicyclic amines) is 1. The van der Waals surface area contributed by atoms with E-state index in [0.29, 0.717) is 5.92 Å². The molecule has 0 amide bonds. The number of aromatic amines is 1. The molecule has 0 spiro atoms. The number of hydrogen-bond donors (Lipinski definition) is 1. The van der Waals surface area contributed by atoms with Crippen molar-refractivity contribution in [1.82, 2.24) is 20.1 Å².